The molecule has 0 saturated carbocycles. The monoisotopic (exact) mass is 337 g/mol. The minimum absolute atomic E-state index is 0.292. The molecule has 2 heterocycles. The summed E-state index contributed by atoms with van der Waals surface area (Å²) in [5, 5.41) is 3.19. The number of benzene rings is 2. The molecule has 1 N–H and O–H groups in total. The first-order valence-corrected chi connectivity index (χ1v) is 7.81. The maximum Gasteiger partial charge on any atom is 0.243 e. The van der Waals surface area contributed by atoms with Crippen LogP contribution < -0.4 is 5.32 Å². The van der Waals surface area contributed by atoms with E-state index in [0.29, 0.717) is 27.8 Å². The van der Waals surface area contributed by atoms with Crippen molar-refractivity contribution in [1.82, 2.24) is 0 Å². The second-order valence-corrected chi connectivity index (χ2v) is 5.98. The van der Waals surface area contributed by atoms with Gasteiger partial charge in [0.05, 0.1) is 5.69 Å². The van der Waals surface area contributed by atoms with E-state index < -0.39 is 11.8 Å². The molecule has 0 radical (unpaired) electrons. The molecule has 0 fully saturated rings. The summed E-state index contributed by atoms with van der Waals surface area (Å²) in [6.45, 7) is 0. The summed E-state index contributed by atoms with van der Waals surface area (Å²) < 4.78 is 5.78. The lowest BCUT2D eigenvalue weighted by molar-refractivity contribution is -0.117. The van der Waals surface area contributed by atoms with Gasteiger partial charge < -0.3 is 9.73 Å². The zero-order chi connectivity index (χ0) is 16.7. The molecule has 4 nitrogen and oxygen atoms in total. The lowest BCUT2D eigenvalue weighted by Gasteiger charge is -2.22. The molecular formula is C19H12ClNO3. The van der Waals surface area contributed by atoms with Crippen molar-refractivity contribution in [2.24, 2.45) is 0 Å². The van der Waals surface area contributed by atoms with Crippen molar-refractivity contribution in [1.29, 1.82) is 0 Å². The van der Waals surface area contributed by atoms with Gasteiger partial charge in [0, 0.05) is 16.1 Å². The van der Waals surface area contributed by atoms with Gasteiger partial charge in [-0.25, -0.2) is 0 Å². The Kier molecular flexibility index (Phi) is 3.47. The maximum absolute atomic E-state index is 12.7. The van der Waals surface area contributed by atoms with Crippen LogP contribution in [0.15, 0.2) is 65.1 Å². The molecule has 4 rings (SSSR count). The number of anilines is 1. The van der Waals surface area contributed by atoms with Gasteiger partial charge in [0.25, 0.3) is 0 Å². The minimum Gasteiger partial charge on any atom is -0.460 e. The number of ketones is 1. The Morgan fingerprint density at radius 2 is 1.75 bits per heavy atom. The third-order valence-corrected chi connectivity index (χ3v) is 4.23. The normalized spacial score (nSPS) is 16.6. The molecule has 0 spiro atoms. The molecule has 5 heteroatoms. The first-order valence-electron chi connectivity index (χ1n) is 7.43. The number of Topliss-reactive ketones (excluding diaryl/α,β-unsaturated/α-hetero) is 1. The van der Waals surface area contributed by atoms with Crippen molar-refractivity contribution in [2.75, 3.05) is 5.32 Å². The number of hydrogen-bond donors (Lipinski definition) is 1. The van der Waals surface area contributed by atoms with Crippen LogP contribution in [0, 0.1) is 0 Å². The number of hydrogen-bond acceptors (Lipinski definition) is 3. The van der Waals surface area contributed by atoms with E-state index in [2.05, 4.69) is 5.32 Å². The van der Waals surface area contributed by atoms with Crippen molar-refractivity contribution in [3.63, 3.8) is 0 Å². The predicted molar refractivity (Wildman–Crippen MR) is 91.3 cm³/mol. The summed E-state index contributed by atoms with van der Waals surface area (Å²) in [4.78, 5) is 25.1. The fourth-order valence-electron chi connectivity index (χ4n) is 2.84. The van der Waals surface area contributed by atoms with E-state index >= 15 is 0 Å². The first-order chi connectivity index (χ1) is 11.6. The Morgan fingerprint density at radius 1 is 0.958 bits per heavy atom. The number of carbonyl (C=O) groups is 2. The second kappa shape index (κ2) is 5.65. The predicted octanol–water partition coefficient (Wildman–Crippen LogP) is 4.52. The van der Waals surface area contributed by atoms with Gasteiger partial charge in [0.1, 0.15) is 11.5 Å². The number of halogens is 1. The molecule has 1 aromatic heterocycles. The summed E-state index contributed by atoms with van der Waals surface area (Å²) in [6, 6.07) is 17.8. The second-order valence-electron chi connectivity index (χ2n) is 5.54. The molecule has 0 saturated heterocycles. The molecule has 0 bridgehead atoms. The molecule has 24 heavy (non-hydrogen) atoms. The van der Waals surface area contributed by atoms with Crippen molar-refractivity contribution in [3.05, 3.63) is 77.0 Å². The fourth-order valence-corrected chi connectivity index (χ4v) is 3.01. The highest BCUT2D eigenvalue weighted by Gasteiger charge is 2.37. The molecule has 2 aromatic carbocycles. The van der Waals surface area contributed by atoms with Crippen LogP contribution in [-0.4, -0.2) is 11.7 Å². The van der Waals surface area contributed by atoms with Gasteiger partial charge >= 0.3 is 0 Å². The summed E-state index contributed by atoms with van der Waals surface area (Å²) >= 11 is 5.92. The Hall–Kier alpha value is -2.85. The quantitative estimate of drug-likeness (QED) is 0.699. The molecule has 1 atom stereocenters. The van der Waals surface area contributed by atoms with Crippen LogP contribution in [-0.2, 0) is 4.79 Å². The third-order valence-electron chi connectivity index (χ3n) is 4.00. The van der Waals surface area contributed by atoms with Crippen LogP contribution in [0.3, 0.4) is 0 Å². The van der Waals surface area contributed by atoms with Crippen molar-refractivity contribution in [2.45, 2.75) is 5.92 Å². The summed E-state index contributed by atoms with van der Waals surface area (Å²) in [5.41, 5.74) is 1.75. The number of carbonyl (C=O) groups excluding carboxylic acids is 2. The average molecular weight is 338 g/mol. The van der Waals surface area contributed by atoms with Gasteiger partial charge in [-0.3, -0.25) is 9.59 Å². The van der Waals surface area contributed by atoms with Crippen molar-refractivity contribution in [3.8, 4) is 11.3 Å². The summed E-state index contributed by atoms with van der Waals surface area (Å²) in [5.74, 6) is -0.746. The molecule has 0 aliphatic carbocycles. The van der Waals surface area contributed by atoms with Crippen LogP contribution in [0.2, 0.25) is 5.02 Å². The van der Waals surface area contributed by atoms with Gasteiger partial charge in [-0.15, -0.1) is 0 Å². The fraction of sp³-hybridized carbons (Fsp3) is 0.0526. The Balaban J connectivity index is 1.72. The van der Waals surface area contributed by atoms with Gasteiger partial charge in [0.2, 0.25) is 5.91 Å². The lowest BCUT2D eigenvalue weighted by atomic mass is 9.90. The number of rotatable bonds is 2. The van der Waals surface area contributed by atoms with E-state index in [0.717, 1.165) is 5.56 Å². The van der Waals surface area contributed by atoms with E-state index in [1.165, 1.54) is 0 Å². The van der Waals surface area contributed by atoms with Gasteiger partial charge in [-0.05, 0) is 30.3 Å². The van der Waals surface area contributed by atoms with E-state index in [4.69, 9.17) is 16.0 Å². The third kappa shape index (κ3) is 2.41. The summed E-state index contributed by atoms with van der Waals surface area (Å²) in [6.07, 6.45) is 0. The van der Waals surface area contributed by atoms with E-state index in [1.807, 2.05) is 30.3 Å². The Morgan fingerprint density at radius 3 is 2.54 bits per heavy atom. The molecule has 1 aliphatic rings. The highest BCUT2D eigenvalue weighted by atomic mass is 35.5. The minimum atomic E-state index is -0.990. The molecule has 118 valence electrons. The molecule has 1 amide bonds. The van der Waals surface area contributed by atoms with Crippen molar-refractivity contribution >= 4 is 29.0 Å². The van der Waals surface area contributed by atoms with Crippen LogP contribution in [0.1, 0.15) is 22.0 Å². The van der Waals surface area contributed by atoms with Crippen LogP contribution in [0.5, 0.6) is 0 Å². The Labute approximate surface area is 143 Å². The number of fused-ring (bicyclic) bond motifs is 1. The topological polar surface area (TPSA) is 59.3 Å². The molecule has 1 aliphatic heterocycles. The molecular weight excluding hydrogens is 326 g/mol. The van der Waals surface area contributed by atoms with Crippen LogP contribution in [0.25, 0.3) is 11.3 Å². The van der Waals surface area contributed by atoms with Gasteiger partial charge in [-0.1, -0.05) is 41.9 Å². The molecule has 1 unspecified atom stereocenters. The van der Waals surface area contributed by atoms with Crippen molar-refractivity contribution < 1.29 is 14.0 Å². The largest absolute Gasteiger partial charge is 0.460 e. The molecule has 3 aromatic rings. The smallest absolute Gasteiger partial charge is 0.243 e. The SMILES string of the molecule is O=C1Nc2cc(Cl)ccc2C(=O)C1c1ccc(-c2ccccc2)o1. The number of nitrogens with one attached hydrogen (secondary N) is 1. The highest BCUT2D eigenvalue weighted by molar-refractivity contribution is 6.32. The standard InChI is InChI=1S/C19H12ClNO3/c20-12-6-7-13-14(10-12)21-19(23)17(18(13)22)16-9-8-15(24-16)11-4-2-1-3-5-11/h1-10,17H,(H,21,23). The summed E-state index contributed by atoms with van der Waals surface area (Å²) in [7, 11) is 0. The number of furan rings is 1. The van der Waals surface area contributed by atoms with Gasteiger partial charge in [-0.2, -0.15) is 0 Å². The first kappa shape index (κ1) is 14.7. The zero-order valence-electron chi connectivity index (χ0n) is 12.5. The maximum atomic E-state index is 12.7. The van der Waals surface area contributed by atoms with Crippen LogP contribution in [0.4, 0.5) is 5.69 Å². The number of amides is 1. The average Bonchev–Trinajstić information content (AvgIpc) is 3.05. The zero-order valence-corrected chi connectivity index (χ0v) is 13.2. The van der Waals surface area contributed by atoms with Gasteiger partial charge in [0.15, 0.2) is 11.7 Å². The van der Waals surface area contributed by atoms with E-state index in [9.17, 15) is 9.59 Å². The van der Waals surface area contributed by atoms with E-state index in [1.54, 1.807) is 30.3 Å². The highest BCUT2D eigenvalue weighted by Crippen LogP contribution is 2.35. The van der Waals surface area contributed by atoms with Crippen LogP contribution >= 0.6 is 11.6 Å². The van der Waals surface area contributed by atoms with E-state index in [-0.39, 0.29) is 5.78 Å². The lowest BCUT2D eigenvalue weighted by Crippen LogP contribution is -2.33. The Bertz CT molecular complexity index is 946.